The van der Waals surface area contributed by atoms with Gasteiger partial charge >= 0.3 is 0 Å². The average Bonchev–Trinajstić information content (AvgIpc) is 2.41. The van der Waals surface area contributed by atoms with E-state index in [0.717, 1.165) is 22.8 Å². The number of benzene rings is 1. The van der Waals surface area contributed by atoms with Gasteiger partial charge in [0.1, 0.15) is 11.6 Å². The highest BCUT2D eigenvalue weighted by Crippen LogP contribution is 2.22. The second kappa shape index (κ2) is 5.35. The number of methoxy groups -OCH3 is 1. The van der Waals surface area contributed by atoms with Crippen LogP contribution in [0.3, 0.4) is 0 Å². The molecule has 0 spiro atoms. The van der Waals surface area contributed by atoms with Crippen LogP contribution in [0.15, 0.2) is 30.5 Å². The summed E-state index contributed by atoms with van der Waals surface area (Å²) in [6.45, 7) is 1.96. The van der Waals surface area contributed by atoms with Gasteiger partial charge in [-0.25, -0.2) is 4.98 Å². The Balaban J connectivity index is 2.27. The molecule has 0 aliphatic carbocycles. The molecule has 0 atom stereocenters. The first kappa shape index (κ1) is 12.2. The lowest BCUT2D eigenvalue weighted by Gasteiger charge is -2.10. The standard InChI is InChI=1S/C13H16N4O/c1-9-8-15-13(14-2)17-12(9)16-10-5-4-6-11(7-10)18-3/h4-8H,1-3H3,(H2,14,15,16,17). The molecule has 1 aromatic heterocycles. The molecule has 0 aliphatic heterocycles. The first-order valence-electron chi connectivity index (χ1n) is 5.65. The predicted molar refractivity (Wildman–Crippen MR) is 72.6 cm³/mol. The zero-order valence-electron chi connectivity index (χ0n) is 10.7. The molecule has 0 saturated carbocycles. The van der Waals surface area contributed by atoms with Crippen molar-refractivity contribution in [1.29, 1.82) is 0 Å². The van der Waals surface area contributed by atoms with Crippen LogP contribution in [-0.4, -0.2) is 24.1 Å². The maximum absolute atomic E-state index is 5.18. The first-order chi connectivity index (χ1) is 8.72. The van der Waals surface area contributed by atoms with Gasteiger partial charge in [0.2, 0.25) is 5.95 Å². The van der Waals surface area contributed by atoms with Crippen molar-refractivity contribution in [3.63, 3.8) is 0 Å². The van der Waals surface area contributed by atoms with Gasteiger partial charge in [0, 0.05) is 30.6 Å². The predicted octanol–water partition coefficient (Wildman–Crippen LogP) is 2.58. The summed E-state index contributed by atoms with van der Waals surface area (Å²) in [7, 11) is 3.44. The van der Waals surface area contributed by atoms with Crippen molar-refractivity contribution in [3.8, 4) is 5.75 Å². The summed E-state index contributed by atoms with van der Waals surface area (Å²) in [5, 5.41) is 6.17. The summed E-state index contributed by atoms with van der Waals surface area (Å²) in [5.41, 5.74) is 1.91. The fraction of sp³-hybridized carbons (Fsp3) is 0.231. The van der Waals surface area contributed by atoms with Gasteiger partial charge in [0.15, 0.2) is 0 Å². The molecule has 0 fully saturated rings. The van der Waals surface area contributed by atoms with Gasteiger partial charge in [-0.05, 0) is 19.1 Å². The lowest BCUT2D eigenvalue weighted by Crippen LogP contribution is -2.02. The van der Waals surface area contributed by atoms with Crippen LogP contribution >= 0.6 is 0 Å². The third kappa shape index (κ3) is 2.68. The molecule has 5 heteroatoms. The summed E-state index contributed by atoms with van der Waals surface area (Å²) in [4.78, 5) is 8.51. The molecule has 2 aromatic rings. The largest absolute Gasteiger partial charge is 0.497 e. The molecular weight excluding hydrogens is 228 g/mol. The van der Waals surface area contributed by atoms with E-state index in [1.165, 1.54) is 0 Å². The number of aromatic nitrogens is 2. The van der Waals surface area contributed by atoms with Crippen LogP contribution in [0.4, 0.5) is 17.5 Å². The zero-order valence-corrected chi connectivity index (χ0v) is 10.7. The number of hydrogen-bond acceptors (Lipinski definition) is 5. The zero-order chi connectivity index (χ0) is 13.0. The Kier molecular flexibility index (Phi) is 3.62. The monoisotopic (exact) mass is 244 g/mol. The SMILES string of the molecule is CNc1ncc(C)c(Nc2cccc(OC)c2)n1. The minimum atomic E-state index is 0.589. The van der Waals surface area contributed by atoms with Gasteiger partial charge in [-0.15, -0.1) is 0 Å². The molecule has 0 saturated heterocycles. The summed E-state index contributed by atoms with van der Waals surface area (Å²) in [6.07, 6.45) is 1.78. The van der Waals surface area contributed by atoms with E-state index in [0.29, 0.717) is 5.95 Å². The Morgan fingerprint density at radius 2 is 2.11 bits per heavy atom. The van der Waals surface area contributed by atoms with Crippen molar-refractivity contribution in [3.05, 3.63) is 36.0 Å². The van der Waals surface area contributed by atoms with Gasteiger partial charge in [0.25, 0.3) is 0 Å². The molecule has 1 heterocycles. The van der Waals surface area contributed by atoms with E-state index >= 15 is 0 Å². The normalized spacial score (nSPS) is 9.94. The molecular formula is C13H16N4O. The first-order valence-corrected chi connectivity index (χ1v) is 5.65. The molecule has 2 rings (SSSR count). The highest BCUT2D eigenvalue weighted by atomic mass is 16.5. The number of anilines is 3. The Morgan fingerprint density at radius 3 is 2.83 bits per heavy atom. The number of rotatable bonds is 4. The van der Waals surface area contributed by atoms with Crippen LogP contribution < -0.4 is 15.4 Å². The van der Waals surface area contributed by atoms with Crippen LogP contribution in [0.25, 0.3) is 0 Å². The lowest BCUT2D eigenvalue weighted by molar-refractivity contribution is 0.415. The number of hydrogen-bond donors (Lipinski definition) is 2. The molecule has 0 bridgehead atoms. The van der Waals surface area contributed by atoms with Crippen molar-refractivity contribution in [2.24, 2.45) is 0 Å². The average molecular weight is 244 g/mol. The van der Waals surface area contributed by atoms with Gasteiger partial charge in [0.05, 0.1) is 7.11 Å². The smallest absolute Gasteiger partial charge is 0.224 e. The van der Waals surface area contributed by atoms with Crippen LogP contribution in [-0.2, 0) is 0 Å². The second-order valence-electron chi connectivity index (χ2n) is 3.83. The van der Waals surface area contributed by atoms with Gasteiger partial charge in [-0.3, -0.25) is 0 Å². The molecule has 0 radical (unpaired) electrons. The number of ether oxygens (including phenoxy) is 1. The van der Waals surface area contributed by atoms with Crippen LogP contribution in [0.1, 0.15) is 5.56 Å². The van der Waals surface area contributed by atoms with Crippen LogP contribution in [0, 0.1) is 6.92 Å². The van der Waals surface area contributed by atoms with Crippen LogP contribution in [0.2, 0.25) is 0 Å². The summed E-state index contributed by atoms with van der Waals surface area (Å²) < 4.78 is 5.18. The molecule has 94 valence electrons. The summed E-state index contributed by atoms with van der Waals surface area (Å²) >= 11 is 0. The van der Waals surface area contributed by atoms with Crippen molar-refractivity contribution >= 4 is 17.5 Å². The third-order valence-electron chi connectivity index (χ3n) is 2.53. The maximum atomic E-state index is 5.18. The Hall–Kier alpha value is -2.30. The van der Waals surface area contributed by atoms with Gasteiger partial charge in [-0.1, -0.05) is 6.07 Å². The Bertz CT molecular complexity index is 542. The van der Waals surface area contributed by atoms with Crippen molar-refractivity contribution in [2.45, 2.75) is 6.92 Å². The Morgan fingerprint density at radius 1 is 1.28 bits per heavy atom. The van der Waals surface area contributed by atoms with Crippen LogP contribution in [0.5, 0.6) is 5.75 Å². The van der Waals surface area contributed by atoms with E-state index in [1.54, 1.807) is 20.4 Å². The van der Waals surface area contributed by atoms with Crippen molar-refractivity contribution in [1.82, 2.24) is 9.97 Å². The van der Waals surface area contributed by atoms with E-state index in [-0.39, 0.29) is 0 Å². The van der Waals surface area contributed by atoms with Crippen molar-refractivity contribution < 1.29 is 4.74 Å². The number of nitrogens with zero attached hydrogens (tertiary/aromatic N) is 2. The third-order valence-corrected chi connectivity index (χ3v) is 2.53. The van der Waals surface area contributed by atoms with Gasteiger partial charge in [-0.2, -0.15) is 4.98 Å². The number of nitrogens with one attached hydrogen (secondary N) is 2. The molecule has 0 aliphatic rings. The van der Waals surface area contributed by atoms with E-state index in [2.05, 4.69) is 20.6 Å². The van der Waals surface area contributed by atoms with E-state index < -0.39 is 0 Å². The van der Waals surface area contributed by atoms with Crippen molar-refractivity contribution in [2.75, 3.05) is 24.8 Å². The minimum Gasteiger partial charge on any atom is -0.497 e. The van der Waals surface area contributed by atoms with Gasteiger partial charge < -0.3 is 15.4 Å². The fourth-order valence-corrected chi connectivity index (χ4v) is 1.53. The molecule has 18 heavy (non-hydrogen) atoms. The quantitative estimate of drug-likeness (QED) is 0.865. The molecule has 0 amide bonds. The second-order valence-corrected chi connectivity index (χ2v) is 3.83. The topological polar surface area (TPSA) is 59.1 Å². The fourth-order valence-electron chi connectivity index (χ4n) is 1.53. The van der Waals surface area contributed by atoms with E-state index in [1.807, 2.05) is 31.2 Å². The molecule has 5 nitrogen and oxygen atoms in total. The lowest BCUT2D eigenvalue weighted by atomic mass is 10.3. The minimum absolute atomic E-state index is 0.589. The highest BCUT2D eigenvalue weighted by molar-refractivity contribution is 5.61. The van der Waals surface area contributed by atoms with E-state index in [4.69, 9.17) is 4.74 Å². The number of aryl methyl sites for hydroxylation is 1. The molecule has 2 N–H and O–H groups in total. The van der Waals surface area contributed by atoms with E-state index in [9.17, 15) is 0 Å². The molecule has 1 aromatic carbocycles. The molecule has 0 unspecified atom stereocenters. The highest BCUT2D eigenvalue weighted by Gasteiger charge is 2.04. The summed E-state index contributed by atoms with van der Waals surface area (Å²) in [5.74, 6) is 2.18. The Labute approximate surface area is 106 Å². The summed E-state index contributed by atoms with van der Waals surface area (Å²) in [6, 6.07) is 7.71. The maximum Gasteiger partial charge on any atom is 0.224 e.